The van der Waals surface area contributed by atoms with Crippen LogP contribution < -0.4 is 10.6 Å². The van der Waals surface area contributed by atoms with Crippen molar-refractivity contribution < 1.29 is 0 Å². The Bertz CT molecular complexity index is 1030. The minimum absolute atomic E-state index is 0. The van der Waals surface area contributed by atoms with Crippen LogP contribution >= 0.6 is 24.0 Å². The van der Waals surface area contributed by atoms with Crippen LogP contribution in [0.25, 0.3) is 5.82 Å². The zero-order valence-corrected chi connectivity index (χ0v) is 22.6. The minimum atomic E-state index is 0. The number of aliphatic imine (C=N–C) groups is 1. The van der Waals surface area contributed by atoms with E-state index in [2.05, 4.69) is 75.7 Å². The van der Waals surface area contributed by atoms with Gasteiger partial charge in [0.2, 0.25) is 0 Å². The molecular formula is C26H36IN7. The van der Waals surface area contributed by atoms with Gasteiger partial charge in [0.15, 0.2) is 5.96 Å². The maximum absolute atomic E-state index is 4.82. The van der Waals surface area contributed by atoms with Gasteiger partial charge in [0, 0.05) is 50.3 Å². The van der Waals surface area contributed by atoms with E-state index < -0.39 is 0 Å². The van der Waals surface area contributed by atoms with Crippen molar-refractivity contribution in [2.75, 3.05) is 13.1 Å². The number of imidazole rings is 1. The predicted octanol–water partition coefficient (Wildman–Crippen LogP) is 4.30. The van der Waals surface area contributed by atoms with Gasteiger partial charge in [0.05, 0.1) is 6.54 Å². The van der Waals surface area contributed by atoms with Crippen molar-refractivity contribution in [3.8, 4) is 5.82 Å². The highest BCUT2D eigenvalue weighted by atomic mass is 127. The molecule has 1 aliphatic heterocycles. The van der Waals surface area contributed by atoms with E-state index in [4.69, 9.17) is 4.99 Å². The molecule has 0 aliphatic carbocycles. The number of nitrogens with zero attached hydrogens (tertiary/aromatic N) is 5. The molecule has 0 spiro atoms. The number of likely N-dealkylation sites (tertiary alicyclic amines) is 1. The molecule has 2 aromatic heterocycles. The molecule has 0 radical (unpaired) electrons. The molecule has 0 saturated carbocycles. The van der Waals surface area contributed by atoms with Crippen LogP contribution in [0.15, 0.2) is 66.0 Å². The van der Waals surface area contributed by atoms with Crippen molar-refractivity contribution in [1.82, 2.24) is 30.1 Å². The number of hydrogen-bond acceptors (Lipinski definition) is 4. The van der Waals surface area contributed by atoms with Crippen molar-refractivity contribution in [3.63, 3.8) is 0 Å². The summed E-state index contributed by atoms with van der Waals surface area (Å²) in [6, 6.07) is 15.8. The Hall–Kier alpha value is -2.46. The fourth-order valence-corrected chi connectivity index (χ4v) is 4.36. The van der Waals surface area contributed by atoms with E-state index in [1.54, 1.807) is 6.20 Å². The number of aromatic nitrogens is 3. The molecule has 3 aromatic rings. The van der Waals surface area contributed by atoms with Crippen molar-refractivity contribution in [2.45, 2.75) is 58.8 Å². The highest BCUT2D eigenvalue weighted by Crippen LogP contribution is 2.20. The summed E-state index contributed by atoms with van der Waals surface area (Å²) in [4.78, 5) is 16.2. The first-order valence-corrected chi connectivity index (χ1v) is 11.9. The van der Waals surface area contributed by atoms with E-state index in [9.17, 15) is 0 Å². The first-order chi connectivity index (χ1) is 16.1. The number of guanidine groups is 1. The number of rotatable bonds is 7. The molecule has 2 unspecified atom stereocenters. The lowest BCUT2D eigenvalue weighted by molar-refractivity contribution is 0.134. The van der Waals surface area contributed by atoms with E-state index in [1.165, 1.54) is 5.56 Å². The largest absolute Gasteiger partial charge is 0.357 e. The van der Waals surface area contributed by atoms with Crippen LogP contribution in [0.5, 0.6) is 0 Å². The van der Waals surface area contributed by atoms with E-state index in [0.29, 0.717) is 18.6 Å². The monoisotopic (exact) mass is 573 g/mol. The van der Waals surface area contributed by atoms with Crippen molar-refractivity contribution in [3.05, 3.63) is 78.0 Å². The summed E-state index contributed by atoms with van der Waals surface area (Å²) in [7, 11) is 0. The summed E-state index contributed by atoms with van der Waals surface area (Å²) in [6.45, 7) is 9.94. The van der Waals surface area contributed by atoms with Crippen molar-refractivity contribution in [2.24, 2.45) is 4.99 Å². The molecule has 1 saturated heterocycles. The van der Waals surface area contributed by atoms with Gasteiger partial charge in [-0.25, -0.2) is 15.0 Å². The van der Waals surface area contributed by atoms with E-state index in [-0.39, 0.29) is 24.0 Å². The van der Waals surface area contributed by atoms with Gasteiger partial charge in [-0.05, 0) is 50.8 Å². The molecule has 3 heterocycles. The summed E-state index contributed by atoms with van der Waals surface area (Å²) >= 11 is 0. The summed E-state index contributed by atoms with van der Waals surface area (Å²) < 4.78 is 1.98. The minimum Gasteiger partial charge on any atom is -0.357 e. The van der Waals surface area contributed by atoms with Gasteiger partial charge in [-0.3, -0.25) is 9.47 Å². The predicted molar refractivity (Wildman–Crippen MR) is 149 cm³/mol. The van der Waals surface area contributed by atoms with Crippen LogP contribution in [0.3, 0.4) is 0 Å². The van der Waals surface area contributed by atoms with E-state index >= 15 is 0 Å². The lowest BCUT2D eigenvalue weighted by atomic mass is 9.97. The van der Waals surface area contributed by atoms with Gasteiger partial charge < -0.3 is 10.6 Å². The molecular weight excluding hydrogens is 537 g/mol. The normalized spacial score (nSPS) is 18.9. The average molecular weight is 574 g/mol. The maximum atomic E-state index is 4.82. The lowest BCUT2D eigenvalue weighted by Gasteiger charge is -2.38. The molecule has 7 nitrogen and oxygen atoms in total. The van der Waals surface area contributed by atoms with Gasteiger partial charge >= 0.3 is 0 Å². The van der Waals surface area contributed by atoms with Crippen molar-refractivity contribution >= 4 is 29.9 Å². The summed E-state index contributed by atoms with van der Waals surface area (Å²) in [5.74, 6) is 2.68. The third-order valence-corrected chi connectivity index (χ3v) is 6.23. The molecule has 2 atom stereocenters. The molecule has 1 aromatic carbocycles. The SMILES string of the molecule is CCNC(=NCc1ccc(-n2ccnc2C)nc1)NC1CCN(Cc2ccccc2)C(C)C1.I. The molecule has 8 heteroatoms. The van der Waals surface area contributed by atoms with Crippen LogP contribution in [-0.2, 0) is 13.1 Å². The van der Waals surface area contributed by atoms with Crippen molar-refractivity contribution in [1.29, 1.82) is 0 Å². The average Bonchev–Trinajstić information content (AvgIpc) is 3.26. The number of nitrogens with one attached hydrogen (secondary N) is 2. The van der Waals surface area contributed by atoms with Crippen LogP contribution in [0.2, 0.25) is 0 Å². The maximum Gasteiger partial charge on any atom is 0.191 e. The standard InChI is InChI=1S/C26H35N7.HI/c1-4-27-26(30-18-23-10-11-25(29-17-23)33-15-13-28-21(33)3)31-24-12-14-32(20(2)16-24)19-22-8-6-5-7-9-22;/h5-11,13,15,17,20,24H,4,12,14,16,18-19H2,1-3H3,(H2,27,30,31);1H. The molecule has 34 heavy (non-hydrogen) atoms. The second-order valence-electron chi connectivity index (χ2n) is 8.74. The first-order valence-electron chi connectivity index (χ1n) is 11.9. The highest BCUT2D eigenvalue weighted by molar-refractivity contribution is 14.0. The number of halogens is 1. The van der Waals surface area contributed by atoms with Gasteiger partial charge in [-0.2, -0.15) is 0 Å². The molecule has 2 N–H and O–H groups in total. The summed E-state index contributed by atoms with van der Waals surface area (Å²) in [5, 5.41) is 7.06. The second-order valence-corrected chi connectivity index (χ2v) is 8.74. The van der Waals surface area contributed by atoms with Crippen LogP contribution in [0.4, 0.5) is 0 Å². The number of benzene rings is 1. The zero-order chi connectivity index (χ0) is 23.0. The fourth-order valence-electron chi connectivity index (χ4n) is 4.36. The first kappa shape index (κ1) is 26.2. The lowest BCUT2D eigenvalue weighted by Crippen LogP contribution is -2.51. The molecule has 1 aliphatic rings. The van der Waals surface area contributed by atoms with Gasteiger partial charge in [-0.15, -0.1) is 24.0 Å². The third kappa shape index (κ3) is 7.02. The fraction of sp³-hybridized carbons (Fsp3) is 0.423. The van der Waals surface area contributed by atoms with E-state index in [1.807, 2.05) is 30.0 Å². The summed E-state index contributed by atoms with van der Waals surface area (Å²) in [6.07, 6.45) is 7.83. The number of aryl methyl sites for hydroxylation is 1. The Morgan fingerprint density at radius 2 is 1.94 bits per heavy atom. The molecule has 4 rings (SSSR count). The number of piperidine rings is 1. The van der Waals surface area contributed by atoms with Crippen LogP contribution in [-0.4, -0.2) is 50.6 Å². The third-order valence-electron chi connectivity index (χ3n) is 6.23. The second kappa shape index (κ2) is 12.9. The van der Waals surface area contributed by atoms with Gasteiger partial charge in [0.25, 0.3) is 0 Å². The quantitative estimate of drug-likeness (QED) is 0.251. The molecule has 182 valence electrons. The molecule has 1 fully saturated rings. The Morgan fingerprint density at radius 3 is 2.59 bits per heavy atom. The molecule has 0 bridgehead atoms. The zero-order valence-electron chi connectivity index (χ0n) is 20.3. The number of hydrogen-bond donors (Lipinski definition) is 2. The topological polar surface area (TPSA) is 70.4 Å². The Morgan fingerprint density at radius 1 is 1.12 bits per heavy atom. The highest BCUT2D eigenvalue weighted by Gasteiger charge is 2.25. The molecule has 0 amide bonds. The van der Waals surface area contributed by atoms with Crippen LogP contribution in [0.1, 0.15) is 43.6 Å². The smallest absolute Gasteiger partial charge is 0.191 e. The Balaban J connectivity index is 0.00000324. The van der Waals surface area contributed by atoms with Gasteiger partial charge in [-0.1, -0.05) is 36.4 Å². The Labute approximate surface area is 220 Å². The van der Waals surface area contributed by atoms with E-state index in [0.717, 1.165) is 55.6 Å². The van der Waals surface area contributed by atoms with Gasteiger partial charge in [0.1, 0.15) is 11.6 Å². The Kier molecular flexibility index (Phi) is 9.88. The summed E-state index contributed by atoms with van der Waals surface area (Å²) in [5.41, 5.74) is 2.47. The van der Waals surface area contributed by atoms with Crippen LogP contribution in [0, 0.1) is 6.92 Å². The number of pyridine rings is 1.